The van der Waals surface area contributed by atoms with Crippen molar-refractivity contribution in [2.45, 2.75) is 34.3 Å². The number of aryl methyl sites for hydroxylation is 3. The summed E-state index contributed by atoms with van der Waals surface area (Å²) < 4.78 is 16.1. The highest BCUT2D eigenvalue weighted by Gasteiger charge is 2.20. The van der Waals surface area contributed by atoms with E-state index < -0.39 is 11.6 Å². The molecular formula is C19H18O5. The second-order valence-electron chi connectivity index (χ2n) is 5.88. The third-order valence-corrected chi connectivity index (χ3v) is 4.11. The lowest BCUT2D eigenvalue weighted by molar-refractivity contribution is 0.0471. The van der Waals surface area contributed by atoms with Crippen LogP contribution in [0.3, 0.4) is 0 Å². The average molecular weight is 326 g/mol. The first-order valence-corrected chi connectivity index (χ1v) is 7.64. The standard InChI is InChI=1S/C19H18O5/c1-10-5-6-15-14(8-17(20)24-16(15)7-10)9-22-19(21)18-11(2)12(3)23-13(18)4/h5-8H,9H2,1-4H3. The van der Waals surface area contributed by atoms with Crippen molar-refractivity contribution in [2.75, 3.05) is 0 Å². The molecule has 0 spiro atoms. The van der Waals surface area contributed by atoms with E-state index in [1.807, 2.05) is 26.0 Å². The maximum atomic E-state index is 12.4. The largest absolute Gasteiger partial charge is 0.465 e. The van der Waals surface area contributed by atoms with Gasteiger partial charge >= 0.3 is 11.6 Å². The van der Waals surface area contributed by atoms with Crippen molar-refractivity contribution in [3.05, 3.63) is 68.5 Å². The van der Waals surface area contributed by atoms with Crippen LogP contribution < -0.4 is 5.63 Å². The molecule has 1 aromatic carbocycles. The summed E-state index contributed by atoms with van der Waals surface area (Å²) in [7, 11) is 0. The summed E-state index contributed by atoms with van der Waals surface area (Å²) in [5.41, 5.74) is 2.83. The predicted octanol–water partition coefficient (Wildman–Crippen LogP) is 3.98. The van der Waals surface area contributed by atoms with Crippen LogP contribution in [-0.2, 0) is 11.3 Å². The van der Waals surface area contributed by atoms with E-state index in [9.17, 15) is 9.59 Å². The number of carbonyl (C=O) groups excluding carboxylic acids is 1. The smallest absolute Gasteiger partial charge is 0.342 e. The summed E-state index contributed by atoms with van der Waals surface area (Å²) in [4.78, 5) is 24.1. The van der Waals surface area contributed by atoms with Gasteiger partial charge in [0, 0.05) is 22.6 Å². The molecule has 0 N–H and O–H groups in total. The van der Waals surface area contributed by atoms with Crippen LogP contribution in [0.25, 0.3) is 11.0 Å². The SMILES string of the molecule is Cc1ccc2c(COC(=O)c3c(C)oc(C)c3C)cc(=O)oc2c1. The summed E-state index contributed by atoms with van der Waals surface area (Å²) >= 11 is 0. The Kier molecular flexibility index (Phi) is 4.01. The molecular weight excluding hydrogens is 308 g/mol. The number of hydrogen-bond acceptors (Lipinski definition) is 5. The number of esters is 1. The van der Waals surface area contributed by atoms with Gasteiger partial charge in [0.1, 0.15) is 29.3 Å². The number of carbonyl (C=O) groups is 1. The van der Waals surface area contributed by atoms with E-state index in [4.69, 9.17) is 13.6 Å². The third-order valence-electron chi connectivity index (χ3n) is 4.11. The molecule has 0 aliphatic heterocycles. The van der Waals surface area contributed by atoms with Gasteiger partial charge in [-0.3, -0.25) is 0 Å². The zero-order valence-corrected chi connectivity index (χ0v) is 14.1. The maximum Gasteiger partial charge on any atom is 0.342 e. The first-order chi connectivity index (χ1) is 11.4. The van der Waals surface area contributed by atoms with Crippen molar-refractivity contribution >= 4 is 16.9 Å². The van der Waals surface area contributed by atoms with Gasteiger partial charge in [-0.15, -0.1) is 0 Å². The van der Waals surface area contributed by atoms with Gasteiger partial charge in [0.05, 0.1) is 0 Å². The van der Waals surface area contributed by atoms with Crippen molar-refractivity contribution in [3.8, 4) is 0 Å². The Labute approximate surface area is 138 Å². The molecule has 0 aliphatic carbocycles. The summed E-state index contributed by atoms with van der Waals surface area (Å²) in [5, 5.41) is 0.754. The molecule has 2 heterocycles. The van der Waals surface area contributed by atoms with E-state index in [2.05, 4.69) is 0 Å². The Bertz CT molecular complexity index is 991. The van der Waals surface area contributed by atoms with Crippen LogP contribution in [0.4, 0.5) is 0 Å². The number of benzene rings is 1. The minimum Gasteiger partial charge on any atom is -0.465 e. The Hall–Kier alpha value is -2.82. The quantitative estimate of drug-likeness (QED) is 0.538. The summed E-state index contributed by atoms with van der Waals surface area (Å²) in [5.74, 6) is 0.763. The fraction of sp³-hybridized carbons (Fsp3) is 0.263. The minimum absolute atomic E-state index is 0.00684. The van der Waals surface area contributed by atoms with Gasteiger partial charge in [0.2, 0.25) is 0 Å². The molecule has 5 heteroatoms. The van der Waals surface area contributed by atoms with Crippen molar-refractivity contribution in [2.24, 2.45) is 0 Å². The first kappa shape index (κ1) is 16.1. The molecule has 3 aromatic rings. The Morgan fingerprint density at radius 1 is 1.04 bits per heavy atom. The molecule has 2 aromatic heterocycles. The van der Waals surface area contributed by atoms with Gasteiger partial charge in [-0.05, 0) is 39.3 Å². The van der Waals surface area contributed by atoms with Crippen LogP contribution in [0.2, 0.25) is 0 Å². The molecule has 0 amide bonds. The maximum absolute atomic E-state index is 12.4. The van der Waals surface area contributed by atoms with Crippen LogP contribution in [0.5, 0.6) is 0 Å². The highest BCUT2D eigenvalue weighted by atomic mass is 16.5. The van der Waals surface area contributed by atoms with E-state index in [0.717, 1.165) is 16.5 Å². The molecule has 0 radical (unpaired) electrons. The number of ether oxygens (including phenoxy) is 1. The molecule has 124 valence electrons. The molecule has 0 unspecified atom stereocenters. The number of furan rings is 1. The van der Waals surface area contributed by atoms with E-state index in [-0.39, 0.29) is 6.61 Å². The lowest BCUT2D eigenvalue weighted by Crippen LogP contribution is -2.09. The molecule has 0 atom stereocenters. The first-order valence-electron chi connectivity index (χ1n) is 7.64. The van der Waals surface area contributed by atoms with Crippen LogP contribution in [0.15, 0.2) is 37.9 Å². The zero-order valence-electron chi connectivity index (χ0n) is 14.1. The molecule has 0 bridgehead atoms. The second kappa shape index (κ2) is 6.00. The van der Waals surface area contributed by atoms with Gasteiger partial charge in [-0.2, -0.15) is 0 Å². The van der Waals surface area contributed by atoms with E-state index >= 15 is 0 Å². The normalized spacial score (nSPS) is 11.0. The topological polar surface area (TPSA) is 69.7 Å². The molecule has 0 fully saturated rings. The van der Waals surface area contributed by atoms with E-state index in [1.54, 1.807) is 19.9 Å². The Balaban J connectivity index is 1.91. The summed E-state index contributed by atoms with van der Waals surface area (Å²) in [6, 6.07) is 6.91. The molecule has 0 aliphatic rings. The second-order valence-corrected chi connectivity index (χ2v) is 5.88. The highest BCUT2D eigenvalue weighted by Crippen LogP contribution is 2.23. The molecule has 0 saturated carbocycles. The fourth-order valence-electron chi connectivity index (χ4n) is 2.77. The number of fused-ring (bicyclic) bond motifs is 1. The van der Waals surface area contributed by atoms with Crippen molar-refractivity contribution in [3.63, 3.8) is 0 Å². The summed E-state index contributed by atoms with van der Waals surface area (Å²) in [6.07, 6.45) is 0. The minimum atomic E-state index is -0.467. The van der Waals surface area contributed by atoms with Gasteiger partial charge in [0.25, 0.3) is 0 Å². The lowest BCUT2D eigenvalue weighted by Gasteiger charge is -2.08. The average Bonchev–Trinajstić information content (AvgIpc) is 2.76. The Morgan fingerprint density at radius 3 is 2.46 bits per heavy atom. The van der Waals surface area contributed by atoms with Gasteiger partial charge in [0.15, 0.2) is 0 Å². The summed E-state index contributed by atoms with van der Waals surface area (Å²) in [6.45, 7) is 7.26. The molecule has 3 rings (SSSR count). The van der Waals surface area contributed by atoms with Crippen molar-refractivity contribution in [1.82, 2.24) is 0 Å². The van der Waals surface area contributed by atoms with Crippen LogP contribution in [0.1, 0.15) is 38.6 Å². The molecule has 5 nitrogen and oxygen atoms in total. The van der Waals surface area contributed by atoms with Gasteiger partial charge < -0.3 is 13.6 Å². The van der Waals surface area contributed by atoms with Crippen molar-refractivity contribution in [1.29, 1.82) is 0 Å². The van der Waals surface area contributed by atoms with Gasteiger partial charge in [-0.25, -0.2) is 9.59 Å². The van der Waals surface area contributed by atoms with Crippen LogP contribution in [-0.4, -0.2) is 5.97 Å². The Morgan fingerprint density at radius 2 is 1.79 bits per heavy atom. The predicted molar refractivity (Wildman–Crippen MR) is 89.3 cm³/mol. The zero-order chi connectivity index (χ0) is 17.4. The monoisotopic (exact) mass is 326 g/mol. The molecule has 0 saturated heterocycles. The molecule has 24 heavy (non-hydrogen) atoms. The van der Waals surface area contributed by atoms with Crippen LogP contribution >= 0.6 is 0 Å². The van der Waals surface area contributed by atoms with Crippen LogP contribution in [0, 0.1) is 27.7 Å². The number of rotatable bonds is 3. The van der Waals surface area contributed by atoms with E-state index in [0.29, 0.717) is 28.2 Å². The van der Waals surface area contributed by atoms with Gasteiger partial charge in [-0.1, -0.05) is 12.1 Å². The lowest BCUT2D eigenvalue weighted by atomic mass is 10.1. The van der Waals surface area contributed by atoms with Crippen molar-refractivity contribution < 1.29 is 18.4 Å². The highest BCUT2D eigenvalue weighted by molar-refractivity contribution is 5.92. The third kappa shape index (κ3) is 2.85. The fourth-order valence-corrected chi connectivity index (χ4v) is 2.77. The number of hydrogen-bond donors (Lipinski definition) is 0. The van der Waals surface area contributed by atoms with E-state index in [1.165, 1.54) is 6.07 Å².